The van der Waals surface area contributed by atoms with E-state index in [1.54, 1.807) is 91.0 Å². The molecule has 0 aliphatic carbocycles. The van der Waals surface area contributed by atoms with Crippen LogP contribution in [-0.4, -0.2) is 24.7 Å². The van der Waals surface area contributed by atoms with Crippen molar-refractivity contribution in [3.63, 3.8) is 0 Å². The van der Waals surface area contributed by atoms with Gasteiger partial charge in [0.25, 0.3) is 11.8 Å². The first kappa shape index (κ1) is 27.1. The van der Waals surface area contributed by atoms with Crippen LogP contribution in [0.15, 0.2) is 115 Å². The summed E-state index contributed by atoms with van der Waals surface area (Å²) in [5.41, 5.74) is 2.68. The molecule has 0 spiro atoms. The molecule has 39 heavy (non-hydrogen) atoms. The molecule has 2 N–H and O–H groups in total. The van der Waals surface area contributed by atoms with E-state index in [0.29, 0.717) is 33.1 Å². The van der Waals surface area contributed by atoms with Gasteiger partial charge in [-0.3, -0.25) is 14.4 Å². The molecule has 6 nitrogen and oxygen atoms in total. The van der Waals surface area contributed by atoms with Crippen molar-refractivity contribution < 1.29 is 19.1 Å². The van der Waals surface area contributed by atoms with Crippen LogP contribution in [0.5, 0.6) is 5.75 Å². The van der Waals surface area contributed by atoms with Crippen molar-refractivity contribution in [2.24, 2.45) is 0 Å². The van der Waals surface area contributed by atoms with Gasteiger partial charge in [-0.05, 0) is 72.3 Å². The molecule has 4 aromatic carbocycles. The first-order valence-electron chi connectivity index (χ1n) is 12.0. The van der Waals surface area contributed by atoms with Crippen LogP contribution in [-0.2, 0) is 4.79 Å². The Morgan fingerprint density at radius 3 is 2.08 bits per heavy atom. The molecule has 0 bridgehead atoms. The topological polar surface area (TPSA) is 84.5 Å². The first-order chi connectivity index (χ1) is 18.9. The highest BCUT2D eigenvalue weighted by atomic mass is 35.5. The number of hydrogen-bond acceptors (Lipinski definition) is 4. The fourth-order valence-corrected chi connectivity index (χ4v) is 3.87. The summed E-state index contributed by atoms with van der Waals surface area (Å²) in [6, 6.07) is 29.4. The average molecular weight is 537 g/mol. The molecule has 0 aliphatic heterocycles. The van der Waals surface area contributed by atoms with E-state index in [0.717, 1.165) is 5.56 Å². The number of ether oxygens (including phenoxy) is 1. The highest BCUT2D eigenvalue weighted by Gasteiger charge is 2.16. The van der Waals surface area contributed by atoms with Gasteiger partial charge in [-0.1, -0.05) is 66.2 Å². The van der Waals surface area contributed by atoms with E-state index in [2.05, 4.69) is 10.6 Å². The van der Waals surface area contributed by atoms with Gasteiger partial charge in [0.2, 0.25) is 0 Å². The van der Waals surface area contributed by atoms with Gasteiger partial charge in [-0.25, -0.2) is 0 Å². The van der Waals surface area contributed by atoms with Gasteiger partial charge in [-0.15, -0.1) is 0 Å². The number of allylic oxidation sites excluding steroid dienone is 1. The lowest BCUT2D eigenvalue weighted by atomic mass is 10.1. The van der Waals surface area contributed by atoms with E-state index in [1.807, 2.05) is 24.3 Å². The summed E-state index contributed by atoms with van der Waals surface area (Å²) >= 11 is 6.14. The fraction of sp³-hybridized carbons (Fsp3) is 0.0312. The van der Waals surface area contributed by atoms with E-state index in [9.17, 15) is 14.4 Å². The van der Waals surface area contributed by atoms with Crippen molar-refractivity contribution in [2.45, 2.75) is 0 Å². The summed E-state index contributed by atoms with van der Waals surface area (Å²) in [7, 11) is 1.53. The van der Waals surface area contributed by atoms with Crippen molar-refractivity contribution in [3.05, 3.63) is 142 Å². The minimum atomic E-state index is -0.539. The zero-order valence-corrected chi connectivity index (χ0v) is 21.8. The zero-order chi connectivity index (χ0) is 27.6. The monoisotopic (exact) mass is 536 g/mol. The van der Waals surface area contributed by atoms with Crippen molar-refractivity contribution in [3.8, 4) is 5.75 Å². The Bertz CT molecular complexity index is 1540. The van der Waals surface area contributed by atoms with Crippen molar-refractivity contribution >= 4 is 47.0 Å². The Morgan fingerprint density at radius 2 is 1.38 bits per heavy atom. The first-order valence-corrected chi connectivity index (χ1v) is 12.4. The number of nitrogens with one attached hydrogen (secondary N) is 2. The number of amides is 2. The van der Waals surface area contributed by atoms with Crippen LogP contribution in [0, 0.1) is 0 Å². The maximum atomic E-state index is 13.3. The van der Waals surface area contributed by atoms with E-state index >= 15 is 0 Å². The lowest BCUT2D eigenvalue weighted by Crippen LogP contribution is -2.30. The molecule has 4 aromatic rings. The number of hydrogen-bond donors (Lipinski definition) is 2. The largest absolute Gasteiger partial charge is 0.496 e. The molecule has 7 heteroatoms. The lowest BCUT2D eigenvalue weighted by Gasteiger charge is -2.12. The number of anilines is 1. The minimum absolute atomic E-state index is 0.0242. The summed E-state index contributed by atoms with van der Waals surface area (Å²) in [6.07, 6.45) is 4.65. The molecule has 0 unspecified atom stereocenters. The second-order valence-electron chi connectivity index (χ2n) is 8.37. The second-order valence-corrected chi connectivity index (χ2v) is 8.78. The molecule has 0 radical (unpaired) electrons. The molecule has 0 fully saturated rings. The molecular formula is C32H25ClN2O4. The van der Waals surface area contributed by atoms with Crippen molar-refractivity contribution in [2.75, 3.05) is 12.4 Å². The highest BCUT2D eigenvalue weighted by Crippen LogP contribution is 2.21. The zero-order valence-electron chi connectivity index (χ0n) is 21.1. The van der Waals surface area contributed by atoms with Gasteiger partial charge >= 0.3 is 0 Å². The fourth-order valence-electron chi connectivity index (χ4n) is 3.67. The highest BCUT2D eigenvalue weighted by molar-refractivity contribution is 6.32. The van der Waals surface area contributed by atoms with Crippen LogP contribution in [0.25, 0.3) is 12.2 Å². The quantitative estimate of drug-likeness (QED) is 0.185. The van der Waals surface area contributed by atoms with Crippen molar-refractivity contribution in [1.29, 1.82) is 0 Å². The van der Waals surface area contributed by atoms with Gasteiger partial charge in [0.05, 0.1) is 7.11 Å². The smallest absolute Gasteiger partial charge is 0.272 e. The van der Waals surface area contributed by atoms with E-state index < -0.39 is 11.8 Å². The van der Waals surface area contributed by atoms with Crippen LogP contribution in [0.4, 0.5) is 5.69 Å². The molecule has 0 aromatic heterocycles. The molecule has 194 valence electrons. The van der Waals surface area contributed by atoms with Crippen LogP contribution in [0.3, 0.4) is 0 Å². The van der Waals surface area contributed by atoms with E-state index in [1.165, 1.54) is 13.2 Å². The van der Waals surface area contributed by atoms with Gasteiger partial charge in [0, 0.05) is 27.4 Å². The van der Waals surface area contributed by atoms with Crippen LogP contribution >= 0.6 is 11.6 Å². The Labute approximate surface area is 231 Å². The normalized spacial score (nSPS) is 11.2. The van der Waals surface area contributed by atoms with Gasteiger partial charge in [0.1, 0.15) is 11.4 Å². The average Bonchev–Trinajstić information content (AvgIpc) is 2.97. The molecule has 0 saturated heterocycles. The minimum Gasteiger partial charge on any atom is -0.496 e. The summed E-state index contributed by atoms with van der Waals surface area (Å²) in [4.78, 5) is 38.7. The van der Waals surface area contributed by atoms with Crippen LogP contribution in [0.2, 0.25) is 5.02 Å². The van der Waals surface area contributed by atoms with E-state index in [-0.39, 0.29) is 11.5 Å². The number of para-hydroxylation sites is 1. The van der Waals surface area contributed by atoms with Crippen molar-refractivity contribution in [1.82, 2.24) is 5.32 Å². The van der Waals surface area contributed by atoms with Gasteiger partial charge < -0.3 is 15.4 Å². The van der Waals surface area contributed by atoms with Gasteiger partial charge in [-0.2, -0.15) is 0 Å². The summed E-state index contributed by atoms with van der Waals surface area (Å²) in [5.74, 6) is -0.634. The number of halogens is 1. The molecule has 0 aliphatic rings. The predicted octanol–water partition coefficient (Wildman–Crippen LogP) is 6.65. The van der Waals surface area contributed by atoms with Crippen LogP contribution < -0.4 is 15.4 Å². The lowest BCUT2D eigenvalue weighted by molar-refractivity contribution is -0.113. The molecular weight excluding hydrogens is 512 g/mol. The standard InChI is InChI=1S/C32H25ClN2O4/c1-39-30-14-8-6-12-25(30)21-28(35-31(37)24-10-3-2-4-11-24)32(38)34-26-18-15-23(16-19-26)29(36)20-17-22-9-5-7-13-27(22)33/h2-21H,1H3,(H,34,38)(H,35,37)/b20-17+,28-21-. The maximum Gasteiger partial charge on any atom is 0.272 e. The Morgan fingerprint density at radius 1 is 0.744 bits per heavy atom. The number of rotatable bonds is 9. The Hall–Kier alpha value is -4.94. The number of benzene rings is 4. The third-order valence-corrected chi connectivity index (χ3v) is 6.06. The molecule has 0 heterocycles. The molecule has 2 amide bonds. The third-order valence-electron chi connectivity index (χ3n) is 5.71. The molecule has 0 saturated carbocycles. The Kier molecular flexibility index (Phi) is 9.06. The molecule has 0 atom stereocenters. The third kappa shape index (κ3) is 7.31. The number of carbonyl (C=O) groups is 3. The summed E-state index contributed by atoms with van der Waals surface area (Å²) in [6.45, 7) is 0. The Balaban J connectivity index is 1.52. The summed E-state index contributed by atoms with van der Waals surface area (Å²) < 4.78 is 5.39. The van der Waals surface area contributed by atoms with E-state index in [4.69, 9.17) is 16.3 Å². The number of methoxy groups -OCH3 is 1. The second kappa shape index (κ2) is 13.0. The predicted molar refractivity (Wildman–Crippen MR) is 155 cm³/mol. The van der Waals surface area contributed by atoms with Crippen LogP contribution in [0.1, 0.15) is 31.8 Å². The number of carbonyl (C=O) groups excluding carboxylic acids is 3. The SMILES string of the molecule is COc1ccccc1/C=C(\NC(=O)c1ccccc1)C(=O)Nc1ccc(C(=O)/C=C/c2ccccc2Cl)cc1. The maximum absolute atomic E-state index is 13.3. The van der Waals surface area contributed by atoms with Gasteiger partial charge in [0.15, 0.2) is 5.78 Å². The summed E-state index contributed by atoms with van der Waals surface area (Å²) in [5, 5.41) is 6.03. The molecule has 4 rings (SSSR count). The number of ketones is 1.